The Morgan fingerprint density at radius 3 is 1.16 bits per heavy atom. The van der Waals surface area contributed by atoms with Crippen LogP contribution in [0, 0.1) is 0 Å². The van der Waals surface area contributed by atoms with E-state index in [0.717, 1.165) is 151 Å². The molecular formula is C80H47B2N3O3. The molecule has 0 spiro atoms. The Kier molecular flexibility index (Phi) is 9.80. The molecule has 0 atom stereocenters. The highest BCUT2D eigenvalue weighted by atomic mass is 16.5. The van der Waals surface area contributed by atoms with E-state index in [2.05, 4.69) is 300 Å². The van der Waals surface area contributed by atoms with Gasteiger partial charge in [-0.25, -0.2) is 0 Å². The number of hydrogen-bond acceptors (Lipinski definition) is 6. The first-order chi connectivity index (χ1) is 43.6. The highest BCUT2D eigenvalue weighted by Crippen LogP contribution is 2.50. The number of rotatable bonds is 5. The van der Waals surface area contributed by atoms with Crippen molar-refractivity contribution in [2.45, 2.75) is 0 Å². The van der Waals surface area contributed by atoms with E-state index in [9.17, 15) is 0 Å². The molecule has 0 aliphatic carbocycles. The van der Waals surface area contributed by atoms with Crippen molar-refractivity contribution in [1.29, 1.82) is 0 Å². The Morgan fingerprint density at radius 2 is 0.648 bits per heavy atom. The van der Waals surface area contributed by atoms with Crippen LogP contribution in [0.4, 0.5) is 51.2 Å². The van der Waals surface area contributed by atoms with Crippen molar-refractivity contribution in [3.05, 3.63) is 285 Å². The third kappa shape index (κ3) is 6.85. The number of ether oxygens (including phenoxy) is 1. The lowest BCUT2D eigenvalue weighted by Gasteiger charge is -2.45. The molecule has 16 aromatic rings. The van der Waals surface area contributed by atoms with Crippen LogP contribution in [0.5, 0.6) is 11.5 Å². The van der Waals surface area contributed by atoms with Gasteiger partial charge in [0.25, 0.3) is 13.4 Å². The van der Waals surface area contributed by atoms with Crippen LogP contribution in [0.1, 0.15) is 0 Å². The zero-order valence-electron chi connectivity index (χ0n) is 47.4. The average molecular weight is 1120 g/mol. The molecule has 4 aliphatic rings. The van der Waals surface area contributed by atoms with Gasteiger partial charge in [-0.2, -0.15) is 0 Å². The van der Waals surface area contributed by atoms with Crippen LogP contribution in [-0.2, 0) is 0 Å². The van der Waals surface area contributed by atoms with Gasteiger partial charge in [-0.1, -0.05) is 158 Å². The molecule has 406 valence electrons. The van der Waals surface area contributed by atoms with Gasteiger partial charge in [0.1, 0.15) is 33.8 Å². The lowest BCUT2D eigenvalue weighted by atomic mass is 9.30. The summed E-state index contributed by atoms with van der Waals surface area (Å²) in [6.45, 7) is -0.295. The molecule has 4 aliphatic heterocycles. The minimum atomic E-state index is -0.155. The van der Waals surface area contributed by atoms with Crippen LogP contribution >= 0.6 is 0 Å². The number of benzene rings is 14. The van der Waals surface area contributed by atoms with Crippen molar-refractivity contribution < 1.29 is 13.6 Å². The first kappa shape index (κ1) is 47.8. The number of anilines is 9. The van der Waals surface area contributed by atoms with Crippen LogP contribution in [0.25, 0.3) is 87.7 Å². The summed E-state index contributed by atoms with van der Waals surface area (Å²) in [5.41, 5.74) is 25.1. The van der Waals surface area contributed by atoms with Crippen molar-refractivity contribution in [1.82, 2.24) is 0 Å². The van der Waals surface area contributed by atoms with E-state index >= 15 is 0 Å². The maximum Gasteiger partial charge on any atom is 0.256 e. The number of para-hydroxylation sites is 5. The Balaban J connectivity index is 0.830. The molecule has 8 heteroatoms. The molecular weight excluding hydrogens is 1070 g/mol. The fourth-order valence-electron chi connectivity index (χ4n) is 15.3. The van der Waals surface area contributed by atoms with Crippen molar-refractivity contribution in [2.75, 3.05) is 14.7 Å². The molecule has 88 heavy (non-hydrogen) atoms. The topological polar surface area (TPSA) is 45.2 Å². The van der Waals surface area contributed by atoms with E-state index in [-0.39, 0.29) is 13.4 Å². The van der Waals surface area contributed by atoms with Crippen LogP contribution in [-0.4, -0.2) is 13.4 Å². The van der Waals surface area contributed by atoms with E-state index in [1.165, 1.54) is 32.6 Å². The number of nitrogens with zero attached hydrogens (tertiary/aromatic N) is 3. The third-order valence-electron chi connectivity index (χ3n) is 19.2. The SMILES string of the molecule is c1ccc(N2c3ccccc3B3c4cc5c(cc4Oc4cc(-c6ccc7oc8cc9ccccc9cc8c7c6)cc2c43)N(c2ccccc2)c2cc(-c3ccc4oc6cc7ccccc7cc6c4c3)cc3c2B5c2ccccc2N3c2ccccc2)cc1. The third-order valence-corrected chi connectivity index (χ3v) is 19.2. The van der Waals surface area contributed by atoms with E-state index in [0.29, 0.717) is 0 Å². The fourth-order valence-corrected chi connectivity index (χ4v) is 15.3. The summed E-state index contributed by atoms with van der Waals surface area (Å²) < 4.78 is 20.8. The lowest BCUT2D eigenvalue weighted by Crippen LogP contribution is -2.64. The second-order valence-electron chi connectivity index (χ2n) is 23.9. The molecule has 0 unspecified atom stereocenters. The van der Waals surface area contributed by atoms with Crippen LogP contribution in [0.3, 0.4) is 0 Å². The highest BCUT2D eigenvalue weighted by molar-refractivity contribution is 7.02. The molecule has 0 amide bonds. The molecule has 14 aromatic carbocycles. The Hall–Kier alpha value is -11.5. The normalized spacial score (nSPS) is 13.4. The molecule has 6 nitrogen and oxygen atoms in total. The van der Waals surface area contributed by atoms with E-state index in [1.54, 1.807) is 0 Å². The summed E-state index contributed by atoms with van der Waals surface area (Å²) in [6, 6.07) is 104. The van der Waals surface area contributed by atoms with E-state index in [4.69, 9.17) is 13.6 Å². The molecule has 0 saturated heterocycles. The average Bonchev–Trinajstić information content (AvgIpc) is 0.862. The smallest absolute Gasteiger partial charge is 0.256 e. The molecule has 0 radical (unpaired) electrons. The second-order valence-corrected chi connectivity index (χ2v) is 23.9. The predicted octanol–water partition coefficient (Wildman–Crippen LogP) is 17.6. The standard InChI is InChI=1S/C80H47B2N3O3/c1-4-22-56(23-5-1)83-67-30-16-14-28-63(67)81-65-46-66-77(47-69(65)85(58-26-8-3-9-27-58)71-41-54(40-70(83)79(71)81)52-32-34-73-59(38-52)61-36-48-18-10-12-20-50(48)43-75(61)86-73)88-78-45-55(53-33-35-74-60(39-53)62-37-49-19-11-13-21-51(49)44-76(62)87-74)42-72-80(78)82(66)64-29-15-17-31-68(64)84(72)57-24-6-2-7-25-57/h1-47H. The van der Waals surface area contributed by atoms with Crippen LogP contribution in [0.15, 0.2) is 294 Å². The van der Waals surface area contributed by atoms with Gasteiger partial charge in [-0.3, -0.25) is 0 Å². The predicted molar refractivity (Wildman–Crippen MR) is 367 cm³/mol. The van der Waals surface area contributed by atoms with Gasteiger partial charge in [-0.05, 0) is 198 Å². The van der Waals surface area contributed by atoms with Gasteiger partial charge in [0.15, 0.2) is 0 Å². The lowest BCUT2D eigenvalue weighted by molar-refractivity contribution is 0.488. The highest BCUT2D eigenvalue weighted by Gasteiger charge is 2.48. The zero-order chi connectivity index (χ0) is 57.3. The van der Waals surface area contributed by atoms with Gasteiger partial charge >= 0.3 is 0 Å². The van der Waals surface area contributed by atoms with Crippen LogP contribution < -0.4 is 52.2 Å². The first-order valence-corrected chi connectivity index (χ1v) is 30.3. The van der Waals surface area contributed by atoms with Gasteiger partial charge in [0, 0.05) is 78.8 Å². The Morgan fingerprint density at radius 1 is 0.239 bits per heavy atom. The quantitative estimate of drug-likeness (QED) is 0.160. The molecule has 6 heterocycles. The second kappa shape index (κ2) is 18.0. The van der Waals surface area contributed by atoms with Gasteiger partial charge in [0.2, 0.25) is 0 Å². The molecule has 0 saturated carbocycles. The molecule has 2 aromatic heterocycles. The number of fused-ring (bicyclic) bond motifs is 16. The Bertz CT molecular complexity index is 5660. The largest absolute Gasteiger partial charge is 0.458 e. The number of furan rings is 2. The van der Waals surface area contributed by atoms with Gasteiger partial charge < -0.3 is 28.3 Å². The van der Waals surface area contributed by atoms with Crippen molar-refractivity contribution in [2.24, 2.45) is 0 Å². The molecule has 0 bridgehead atoms. The summed E-state index contributed by atoms with van der Waals surface area (Å²) in [6.07, 6.45) is 0. The minimum absolute atomic E-state index is 0.140. The fraction of sp³-hybridized carbons (Fsp3) is 0. The summed E-state index contributed by atoms with van der Waals surface area (Å²) >= 11 is 0. The summed E-state index contributed by atoms with van der Waals surface area (Å²) in [7, 11) is 0. The molecule has 0 N–H and O–H groups in total. The maximum absolute atomic E-state index is 7.66. The maximum atomic E-state index is 7.66. The first-order valence-electron chi connectivity index (χ1n) is 30.3. The van der Waals surface area contributed by atoms with Crippen molar-refractivity contribution in [3.8, 4) is 33.8 Å². The number of hydrogen-bond donors (Lipinski definition) is 0. The van der Waals surface area contributed by atoms with Gasteiger partial charge in [0.05, 0.1) is 0 Å². The van der Waals surface area contributed by atoms with Crippen molar-refractivity contribution >= 4 is 163 Å². The minimum Gasteiger partial charge on any atom is -0.458 e. The summed E-state index contributed by atoms with van der Waals surface area (Å²) in [5, 5.41) is 9.08. The van der Waals surface area contributed by atoms with E-state index < -0.39 is 0 Å². The molecule has 0 fully saturated rings. The zero-order valence-corrected chi connectivity index (χ0v) is 47.4. The Labute approximate surface area is 507 Å². The van der Waals surface area contributed by atoms with Crippen molar-refractivity contribution in [3.63, 3.8) is 0 Å². The monoisotopic (exact) mass is 1120 g/mol. The summed E-state index contributed by atoms with van der Waals surface area (Å²) in [4.78, 5) is 7.44. The van der Waals surface area contributed by atoms with E-state index in [1.807, 2.05) is 0 Å². The molecule has 20 rings (SSSR count). The summed E-state index contributed by atoms with van der Waals surface area (Å²) in [5.74, 6) is 1.68. The van der Waals surface area contributed by atoms with Gasteiger partial charge in [-0.15, -0.1) is 0 Å². The van der Waals surface area contributed by atoms with Crippen LogP contribution in [0.2, 0.25) is 0 Å².